The highest BCUT2D eigenvalue weighted by Gasteiger charge is 2.24. The van der Waals surface area contributed by atoms with Crippen LogP contribution in [-0.2, 0) is 6.42 Å². The SMILES string of the molecule is CCc1ccc(C(N)CC2CC2)cc1. The van der Waals surface area contributed by atoms with Crippen LogP contribution in [0.3, 0.4) is 0 Å². The Kier molecular flexibility index (Phi) is 2.87. The molecule has 0 radical (unpaired) electrons. The average Bonchev–Trinajstić information content (AvgIpc) is 3.02. The number of benzene rings is 1. The Hall–Kier alpha value is -0.820. The molecule has 1 aliphatic carbocycles. The first-order valence-electron chi connectivity index (χ1n) is 5.64. The molecule has 1 fully saturated rings. The van der Waals surface area contributed by atoms with Gasteiger partial charge in [-0.3, -0.25) is 0 Å². The summed E-state index contributed by atoms with van der Waals surface area (Å²) in [4.78, 5) is 0. The van der Waals surface area contributed by atoms with Crippen molar-refractivity contribution >= 4 is 0 Å². The van der Waals surface area contributed by atoms with Crippen LogP contribution in [0.4, 0.5) is 0 Å². The van der Waals surface area contributed by atoms with E-state index < -0.39 is 0 Å². The van der Waals surface area contributed by atoms with E-state index in [0.717, 1.165) is 12.3 Å². The maximum atomic E-state index is 6.13. The standard InChI is InChI=1S/C13H19N/c1-2-10-5-7-12(8-6-10)13(14)9-11-3-4-11/h5-8,11,13H,2-4,9,14H2,1H3. The minimum absolute atomic E-state index is 0.258. The third kappa shape index (κ3) is 2.36. The molecule has 2 N–H and O–H groups in total. The molecule has 76 valence electrons. The third-order valence-corrected chi connectivity index (χ3v) is 3.10. The first kappa shape index (κ1) is 9.72. The number of nitrogens with two attached hydrogens (primary N) is 1. The minimum Gasteiger partial charge on any atom is -0.324 e. The van der Waals surface area contributed by atoms with E-state index in [4.69, 9.17) is 5.73 Å². The average molecular weight is 189 g/mol. The maximum absolute atomic E-state index is 6.13. The molecular formula is C13H19N. The molecule has 0 aromatic heterocycles. The van der Waals surface area contributed by atoms with Crippen molar-refractivity contribution in [1.29, 1.82) is 0 Å². The van der Waals surface area contributed by atoms with Crippen LogP contribution in [0.2, 0.25) is 0 Å². The second-order valence-corrected chi connectivity index (χ2v) is 4.38. The molecule has 0 heterocycles. The Balaban J connectivity index is 1.99. The van der Waals surface area contributed by atoms with Crippen molar-refractivity contribution in [3.05, 3.63) is 35.4 Å². The Morgan fingerprint density at radius 2 is 1.93 bits per heavy atom. The Morgan fingerprint density at radius 3 is 2.43 bits per heavy atom. The van der Waals surface area contributed by atoms with Crippen LogP contribution in [0.25, 0.3) is 0 Å². The molecule has 1 atom stereocenters. The lowest BCUT2D eigenvalue weighted by atomic mass is 10.0. The van der Waals surface area contributed by atoms with Gasteiger partial charge in [-0.25, -0.2) is 0 Å². The van der Waals surface area contributed by atoms with Crippen LogP contribution in [0, 0.1) is 5.92 Å². The summed E-state index contributed by atoms with van der Waals surface area (Å²) in [6.45, 7) is 2.18. The molecule has 1 aliphatic rings. The van der Waals surface area contributed by atoms with Gasteiger partial charge in [0.2, 0.25) is 0 Å². The molecule has 1 saturated carbocycles. The normalized spacial score (nSPS) is 18.1. The zero-order chi connectivity index (χ0) is 9.97. The maximum Gasteiger partial charge on any atom is 0.0297 e. The van der Waals surface area contributed by atoms with E-state index in [2.05, 4.69) is 31.2 Å². The minimum atomic E-state index is 0.258. The molecular weight excluding hydrogens is 170 g/mol. The monoisotopic (exact) mass is 189 g/mol. The van der Waals surface area contributed by atoms with E-state index >= 15 is 0 Å². The predicted octanol–water partition coefficient (Wildman–Crippen LogP) is 3.05. The van der Waals surface area contributed by atoms with Gasteiger partial charge in [0.25, 0.3) is 0 Å². The lowest BCUT2D eigenvalue weighted by Crippen LogP contribution is -2.10. The molecule has 1 nitrogen and oxygen atoms in total. The van der Waals surface area contributed by atoms with Gasteiger partial charge in [0.15, 0.2) is 0 Å². The summed E-state index contributed by atoms with van der Waals surface area (Å²) in [5.41, 5.74) is 8.82. The van der Waals surface area contributed by atoms with E-state index in [-0.39, 0.29) is 6.04 Å². The molecule has 0 saturated heterocycles. The molecule has 0 spiro atoms. The van der Waals surface area contributed by atoms with E-state index in [0.29, 0.717) is 0 Å². The van der Waals surface area contributed by atoms with Gasteiger partial charge in [0.05, 0.1) is 0 Å². The molecule has 0 aliphatic heterocycles. The Labute approximate surface area is 86.3 Å². The zero-order valence-electron chi connectivity index (χ0n) is 8.87. The smallest absolute Gasteiger partial charge is 0.0297 e. The fourth-order valence-corrected chi connectivity index (χ4v) is 1.85. The van der Waals surface area contributed by atoms with Crippen molar-refractivity contribution in [2.24, 2.45) is 11.7 Å². The van der Waals surface area contributed by atoms with Crippen molar-refractivity contribution in [3.8, 4) is 0 Å². The number of aryl methyl sites for hydroxylation is 1. The summed E-state index contributed by atoms with van der Waals surface area (Å²) in [6, 6.07) is 9.02. The first-order valence-corrected chi connectivity index (χ1v) is 5.64. The summed E-state index contributed by atoms with van der Waals surface area (Å²) in [5, 5.41) is 0. The van der Waals surface area contributed by atoms with Crippen LogP contribution in [0.15, 0.2) is 24.3 Å². The van der Waals surface area contributed by atoms with Crippen LogP contribution in [0.1, 0.15) is 43.4 Å². The molecule has 14 heavy (non-hydrogen) atoms. The van der Waals surface area contributed by atoms with Gasteiger partial charge >= 0.3 is 0 Å². The summed E-state index contributed by atoms with van der Waals surface area (Å²) < 4.78 is 0. The highest BCUT2D eigenvalue weighted by Crippen LogP contribution is 2.36. The Bertz CT molecular complexity index is 285. The molecule has 1 aromatic rings. The van der Waals surface area contributed by atoms with E-state index in [1.807, 2.05) is 0 Å². The third-order valence-electron chi connectivity index (χ3n) is 3.10. The van der Waals surface area contributed by atoms with Crippen molar-refractivity contribution in [3.63, 3.8) is 0 Å². The van der Waals surface area contributed by atoms with Crippen molar-refractivity contribution in [2.75, 3.05) is 0 Å². The quantitative estimate of drug-likeness (QED) is 0.774. The van der Waals surface area contributed by atoms with Gasteiger partial charge in [-0.2, -0.15) is 0 Å². The van der Waals surface area contributed by atoms with Gasteiger partial charge in [0, 0.05) is 6.04 Å². The van der Waals surface area contributed by atoms with Gasteiger partial charge in [0.1, 0.15) is 0 Å². The molecule has 1 unspecified atom stereocenters. The molecule has 0 amide bonds. The molecule has 2 rings (SSSR count). The van der Waals surface area contributed by atoms with Crippen LogP contribution < -0.4 is 5.73 Å². The van der Waals surface area contributed by atoms with E-state index in [1.165, 1.54) is 30.4 Å². The second-order valence-electron chi connectivity index (χ2n) is 4.38. The number of hydrogen-bond acceptors (Lipinski definition) is 1. The first-order chi connectivity index (χ1) is 6.79. The molecule has 0 bridgehead atoms. The summed E-state index contributed by atoms with van der Waals surface area (Å²) in [5.74, 6) is 0.913. The fraction of sp³-hybridized carbons (Fsp3) is 0.538. The van der Waals surface area contributed by atoms with E-state index in [1.54, 1.807) is 0 Å². The van der Waals surface area contributed by atoms with Crippen LogP contribution >= 0.6 is 0 Å². The highest BCUT2D eigenvalue weighted by molar-refractivity contribution is 5.24. The fourth-order valence-electron chi connectivity index (χ4n) is 1.85. The van der Waals surface area contributed by atoms with Crippen molar-refractivity contribution < 1.29 is 0 Å². The predicted molar refractivity (Wildman–Crippen MR) is 60.1 cm³/mol. The summed E-state index contributed by atoms with van der Waals surface area (Å²) in [7, 11) is 0. The van der Waals surface area contributed by atoms with Crippen LogP contribution in [-0.4, -0.2) is 0 Å². The van der Waals surface area contributed by atoms with Crippen LogP contribution in [0.5, 0.6) is 0 Å². The van der Waals surface area contributed by atoms with Gasteiger partial charge in [-0.05, 0) is 29.9 Å². The topological polar surface area (TPSA) is 26.0 Å². The second kappa shape index (κ2) is 4.14. The van der Waals surface area contributed by atoms with Gasteiger partial charge in [-0.1, -0.05) is 44.0 Å². The van der Waals surface area contributed by atoms with Crippen molar-refractivity contribution in [1.82, 2.24) is 0 Å². The molecule has 1 aromatic carbocycles. The van der Waals surface area contributed by atoms with Crippen molar-refractivity contribution in [2.45, 2.75) is 38.6 Å². The lowest BCUT2D eigenvalue weighted by Gasteiger charge is -2.11. The number of rotatable bonds is 4. The van der Waals surface area contributed by atoms with Gasteiger partial charge in [-0.15, -0.1) is 0 Å². The lowest BCUT2D eigenvalue weighted by molar-refractivity contribution is 0.597. The van der Waals surface area contributed by atoms with Gasteiger partial charge < -0.3 is 5.73 Å². The molecule has 1 heteroatoms. The van der Waals surface area contributed by atoms with E-state index in [9.17, 15) is 0 Å². The number of hydrogen-bond donors (Lipinski definition) is 1. The largest absolute Gasteiger partial charge is 0.324 e. The summed E-state index contributed by atoms with van der Waals surface area (Å²) >= 11 is 0. The zero-order valence-corrected chi connectivity index (χ0v) is 8.87. The Morgan fingerprint density at radius 1 is 1.29 bits per heavy atom. The summed E-state index contributed by atoms with van der Waals surface area (Å²) in [6.07, 6.45) is 5.06. The highest BCUT2D eigenvalue weighted by atomic mass is 14.6.